The number of nitrogens with one attached hydrogen (secondary N) is 1. The fourth-order valence-electron chi connectivity index (χ4n) is 3.60. The Morgan fingerprint density at radius 1 is 1.08 bits per heavy atom. The summed E-state index contributed by atoms with van der Waals surface area (Å²) < 4.78 is 5.29. The van der Waals surface area contributed by atoms with Crippen LogP contribution in [0.25, 0.3) is 0 Å². The lowest BCUT2D eigenvalue weighted by Crippen LogP contribution is -2.45. The van der Waals surface area contributed by atoms with Crippen LogP contribution in [-0.4, -0.2) is 55.2 Å². The van der Waals surface area contributed by atoms with Gasteiger partial charge in [-0.05, 0) is 41.7 Å². The molecule has 0 spiro atoms. The predicted molar refractivity (Wildman–Crippen MR) is 97.3 cm³/mol. The van der Waals surface area contributed by atoms with Crippen molar-refractivity contribution in [2.75, 3.05) is 39.4 Å². The lowest BCUT2D eigenvalue weighted by molar-refractivity contribution is 0.0531. The largest absolute Gasteiger partial charge is 0.378 e. The van der Waals surface area contributed by atoms with Gasteiger partial charge in [-0.2, -0.15) is 0 Å². The van der Waals surface area contributed by atoms with Gasteiger partial charge in [0.2, 0.25) is 0 Å². The minimum atomic E-state index is 0.00752. The summed E-state index contributed by atoms with van der Waals surface area (Å²) in [5, 5.41) is 3.04. The molecule has 1 saturated heterocycles. The van der Waals surface area contributed by atoms with Crippen molar-refractivity contribution in [3.05, 3.63) is 58.8 Å². The molecular formula is C20H25N3O2. The number of urea groups is 1. The molecule has 0 bridgehead atoms. The van der Waals surface area contributed by atoms with Gasteiger partial charge in [0, 0.05) is 38.4 Å². The highest BCUT2D eigenvalue weighted by Gasteiger charge is 2.18. The zero-order chi connectivity index (χ0) is 17.1. The summed E-state index contributed by atoms with van der Waals surface area (Å²) in [7, 11) is 0. The van der Waals surface area contributed by atoms with E-state index in [4.69, 9.17) is 4.74 Å². The van der Waals surface area contributed by atoms with Gasteiger partial charge in [-0.25, -0.2) is 4.79 Å². The van der Waals surface area contributed by atoms with Crippen LogP contribution in [-0.2, 0) is 24.1 Å². The van der Waals surface area contributed by atoms with Gasteiger partial charge in [0.1, 0.15) is 0 Å². The molecule has 132 valence electrons. The Hall–Kier alpha value is -2.27. The summed E-state index contributed by atoms with van der Waals surface area (Å²) in [6.45, 7) is 5.35. The maximum atomic E-state index is 12.2. The normalized spacial score (nSPS) is 19.6. The average molecular weight is 339 g/mol. The number of morpholine rings is 1. The molecule has 25 heavy (non-hydrogen) atoms. The Kier molecular flexibility index (Phi) is 4.74. The van der Waals surface area contributed by atoms with E-state index in [9.17, 15) is 4.79 Å². The molecule has 1 aliphatic carbocycles. The van der Waals surface area contributed by atoms with Gasteiger partial charge in [-0.1, -0.05) is 24.3 Å². The van der Waals surface area contributed by atoms with Crippen molar-refractivity contribution >= 4 is 6.03 Å². The second-order valence-corrected chi connectivity index (χ2v) is 6.80. The molecule has 1 fully saturated rings. The van der Waals surface area contributed by atoms with Crippen molar-refractivity contribution in [3.63, 3.8) is 0 Å². The number of nitrogens with zero attached hydrogens (tertiary/aromatic N) is 2. The van der Waals surface area contributed by atoms with Crippen molar-refractivity contribution in [2.24, 2.45) is 0 Å². The quantitative estimate of drug-likeness (QED) is 0.917. The smallest absolute Gasteiger partial charge is 0.317 e. The minimum absolute atomic E-state index is 0.00752. The number of allylic oxidation sites excluding steroid dienone is 3. The van der Waals surface area contributed by atoms with E-state index in [-0.39, 0.29) is 6.03 Å². The van der Waals surface area contributed by atoms with E-state index in [1.165, 1.54) is 22.4 Å². The summed E-state index contributed by atoms with van der Waals surface area (Å²) in [5.41, 5.74) is 5.39. The summed E-state index contributed by atoms with van der Waals surface area (Å²) >= 11 is 0. The van der Waals surface area contributed by atoms with Crippen LogP contribution in [0.5, 0.6) is 0 Å². The van der Waals surface area contributed by atoms with Crippen molar-refractivity contribution in [1.29, 1.82) is 0 Å². The Balaban J connectivity index is 1.35. The van der Waals surface area contributed by atoms with Crippen LogP contribution in [0.2, 0.25) is 0 Å². The highest BCUT2D eigenvalue weighted by atomic mass is 16.5. The minimum Gasteiger partial charge on any atom is -0.378 e. The molecule has 1 aromatic rings. The molecule has 5 nitrogen and oxygen atoms in total. The summed E-state index contributed by atoms with van der Waals surface area (Å²) in [6.07, 6.45) is 8.61. The number of carbonyl (C=O) groups is 1. The molecule has 1 aromatic carbocycles. The molecule has 2 heterocycles. The third-order valence-electron chi connectivity index (χ3n) is 5.21. The van der Waals surface area contributed by atoms with Gasteiger partial charge in [0.05, 0.1) is 13.2 Å². The lowest BCUT2D eigenvalue weighted by Gasteiger charge is -2.27. The number of benzene rings is 1. The summed E-state index contributed by atoms with van der Waals surface area (Å²) in [4.78, 5) is 16.5. The molecule has 5 heteroatoms. The maximum absolute atomic E-state index is 12.2. The predicted octanol–water partition coefficient (Wildman–Crippen LogP) is 2.08. The van der Waals surface area contributed by atoms with Crippen molar-refractivity contribution in [1.82, 2.24) is 15.1 Å². The van der Waals surface area contributed by atoms with E-state index >= 15 is 0 Å². The van der Waals surface area contributed by atoms with E-state index in [1.54, 1.807) is 0 Å². The fraction of sp³-hybridized carbons (Fsp3) is 0.450. The van der Waals surface area contributed by atoms with Gasteiger partial charge < -0.3 is 19.9 Å². The van der Waals surface area contributed by atoms with Crippen molar-refractivity contribution < 1.29 is 9.53 Å². The highest BCUT2D eigenvalue weighted by Crippen LogP contribution is 2.22. The number of fused-ring (bicyclic) bond motifs is 1. The van der Waals surface area contributed by atoms with Gasteiger partial charge in [0.15, 0.2) is 0 Å². The number of rotatable bonds is 3. The Morgan fingerprint density at radius 3 is 2.56 bits per heavy atom. The van der Waals surface area contributed by atoms with Gasteiger partial charge >= 0.3 is 6.03 Å². The van der Waals surface area contributed by atoms with E-state index in [0.29, 0.717) is 32.8 Å². The van der Waals surface area contributed by atoms with Crippen LogP contribution in [0, 0.1) is 0 Å². The van der Waals surface area contributed by atoms with Crippen LogP contribution in [0.15, 0.2) is 42.1 Å². The number of ether oxygens (including phenoxy) is 1. The van der Waals surface area contributed by atoms with Gasteiger partial charge in [-0.3, -0.25) is 0 Å². The third-order valence-corrected chi connectivity index (χ3v) is 5.21. The van der Waals surface area contributed by atoms with Crippen LogP contribution in [0.3, 0.4) is 0 Å². The van der Waals surface area contributed by atoms with E-state index in [2.05, 4.69) is 46.6 Å². The maximum Gasteiger partial charge on any atom is 0.317 e. The Labute approximate surface area is 148 Å². The molecule has 0 unspecified atom stereocenters. The third kappa shape index (κ3) is 3.71. The van der Waals surface area contributed by atoms with E-state index < -0.39 is 0 Å². The number of hydrogen-bond acceptors (Lipinski definition) is 3. The first-order valence-corrected chi connectivity index (χ1v) is 9.14. The monoisotopic (exact) mass is 339 g/mol. The van der Waals surface area contributed by atoms with Crippen LogP contribution >= 0.6 is 0 Å². The topological polar surface area (TPSA) is 44.8 Å². The molecule has 0 aromatic heterocycles. The fourth-order valence-corrected chi connectivity index (χ4v) is 3.60. The molecule has 0 saturated carbocycles. The molecule has 0 atom stereocenters. The van der Waals surface area contributed by atoms with E-state index in [0.717, 1.165) is 25.9 Å². The van der Waals surface area contributed by atoms with Crippen LogP contribution < -0.4 is 5.32 Å². The second-order valence-electron chi connectivity index (χ2n) is 6.80. The molecule has 4 rings (SSSR count). The first kappa shape index (κ1) is 16.2. The van der Waals surface area contributed by atoms with Crippen molar-refractivity contribution in [2.45, 2.75) is 19.4 Å². The zero-order valence-electron chi connectivity index (χ0n) is 14.5. The number of amides is 2. The molecule has 1 N–H and O–H groups in total. The molecule has 3 aliphatic rings. The van der Waals surface area contributed by atoms with Crippen LogP contribution in [0.1, 0.15) is 16.7 Å². The van der Waals surface area contributed by atoms with Crippen molar-refractivity contribution in [3.8, 4) is 0 Å². The Morgan fingerprint density at radius 2 is 1.84 bits per heavy atom. The van der Waals surface area contributed by atoms with Gasteiger partial charge in [0.25, 0.3) is 0 Å². The number of carbonyl (C=O) groups excluding carboxylic acids is 1. The molecular weight excluding hydrogens is 314 g/mol. The van der Waals surface area contributed by atoms with Crippen LogP contribution in [0.4, 0.5) is 4.79 Å². The lowest BCUT2D eigenvalue weighted by atomic mass is 10.00. The molecule has 2 amide bonds. The summed E-state index contributed by atoms with van der Waals surface area (Å²) in [5.74, 6) is 0. The van der Waals surface area contributed by atoms with Gasteiger partial charge in [-0.15, -0.1) is 0 Å². The molecule has 0 radical (unpaired) electrons. The highest BCUT2D eigenvalue weighted by molar-refractivity contribution is 5.74. The first-order chi connectivity index (χ1) is 12.3. The number of hydrogen-bond donors (Lipinski definition) is 1. The Bertz CT molecular complexity index is 705. The standard InChI is InChI=1S/C20H25N3O2/c24-20(23-10-12-25-13-11-23)21-15-16-4-5-17-6-8-22(19-2-1-3-19)9-7-18(17)14-16/h1-5,14H,6-13,15H2,(H,21,24). The molecule has 2 aliphatic heterocycles. The average Bonchev–Trinajstić information content (AvgIpc) is 2.81. The zero-order valence-corrected chi connectivity index (χ0v) is 14.5. The summed E-state index contributed by atoms with van der Waals surface area (Å²) in [6, 6.07) is 6.66. The second kappa shape index (κ2) is 7.31. The SMILES string of the molecule is O=C(NCc1ccc2c(c1)CCN(C1=CC=C1)CC2)N1CCOCC1. The van der Waals surface area contributed by atoms with E-state index in [1.807, 2.05) is 4.90 Å². The first-order valence-electron chi connectivity index (χ1n) is 9.14.